The smallest absolute Gasteiger partial charge is 0.518 e. The van der Waals surface area contributed by atoms with Gasteiger partial charge in [0.25, 0.3) is 0 Å². The summed E-state index contributed by atoms with van der Waals surface area (Å²) < 4.78 is 15.2. The van der Waals surface area contributed by atoms with Crippen LogP contribution < -0.4 is 0 Å². The van der Waals surface area contributed by atoms with E-state index in [0.717, 1.165) is 19.6 Å². The molecule has 0 spiro atoms. The number of rotatable bonds is 2. The van der Waals surface area contributed by atoms with Crippen LogP contribution in [-0.4, -0.2) is 20.5 Å². The van der Waals surface area contributed by atoms with Gasteiger partial charge in [-0.1, -0.05) is 6.08 Å². The summed E-state index contributed by atoms with van der Waals surface area (Å²) in [6.45, 7) is 3.33. The zero-order valence-electron chi connectivity index (χ0n) is 6.08. The van der Waals surface area contributed by atoms with E-state index in [0.29, 0.717) is 0 Å². The van der Waals surface area contributed by atoms with Gasteiger partial charge in [0, 0.05) is 13.2 Å². The van der Waals surface area contributed by atoms with Crippen LogP contribution in [0.15, 0.2) is 12.3 Å². The fourth-order valence-corrected chi connectivity index (χ4v) is 0.687. The molecule has 1 heterocycles. The predicted molar refractivity (Wildman–Crippen MR) is 38.2 cm³/mol. The van der Waals surface area contributed by atoms with Crippen molar-refractivity contribution < 1.29 is 14.0 Å². The highest BCUT2D eigenvalue weighted by Gasteiger charge is 2.24. The maximum absolute atomic E-state index is 5.08. The van der Waals surface area contributed by atoms with Gasteiger partial charge >= 0.3 is 7.32 Å². The van der Waals surface area contributed by atoms with Crippen LogP contribution in [0.25, 0.3) is 0 Å². The van der Waals surface area contributed by atoms with E-state index in [-0.39, 0.29) is 0 Å². The first-order chi connectivity index (χ1) is 4.93. The van der Waals surface area contributed by atoms with Crippen LogP contribution in [0.1, 0.15) is 13.3 Å². The number of hydrogen-bond donors (Lipinski definition) is 0. The summed E-state index contributed by atoms with van der Waals surface area (Å²) in [7, 11) is -0.482. The molecular weight excluding hydrogens is 131 g/mol. The van der Waals surface area contributed by atoms with Crippen LogP contribution >= 0.6 is 0 Å². The minimum atomic E-state index is -0.482. The van der Waals surface area contributed by atoms with Gasteiger partial charge in [0.2, 0.25) is 0 Å². The van der Waals surface area contributed by atoms with Crippen LogP contribution in [0.5, 0.6) is 0 Å². The summed E-state index contributed by atoms with van der Waals surface area (Å²) in [6, 6.07) is 0. The number of allylic oxidation sites excluding steroid dienone is 1. The van der Waals surface area contributed by atoms with Crippen molar-refractivity contribution in [2.75, 3.05) is 13.2 Å². The van der Waals surface area contributed by atoms with Gasteiger partial charge in [0.1, 0.15) is 0 Å². The SMILES string of the molecule is C/C=C/OB1OCCCO1. The van der Waals surface area contributed by atoms with E-state index < -0.39 is 7.32 Å². The molecule has 1 rings (SSSR count). The lowest BCUT2D eigenvalue weighted by atomic mass is 10.2. The van der Waals surface area contributed by atoms with Crippen molar-refractivity contribution in [1.29, 1.82) is 0 Å². The Morgan fingerprint density at radius 2 is 2.10 bits per heavy atom. The molecule has 1 aliphatic heterocycles. The maximum Gasteiger partial charge on any atom is 0.712 e. The van der Waals surface area contributed by atoms with E-state index in [1.165, 1.54) is 0 Å². The van der Waals surface area contributed by atoms with Crippen molar-refractivity contribution in [3.05, 3.63) is 12.3 Å². The van der Waals surface area contributed by atoms with Gasteiger partial charge in [-0.25, -0.2) is 0 Å². The Morgan fingerprint density at radius 3 is 2.70 bits per heavy atom. The molecule has 4 heteroatoms. The fourth-order valence-electron chi connectivity index (χ4n) is 0.687. The molecule has 0 bridgehead atoms. The second-order valence-corrected chi connectivity index (χ2v) is 1.99. The lowest BCUT2D eigenvalue weighted by molar-refractivity contribution is 0.0769. The summed E-state index contributed by atoms with van der Waals surface area (Å²) in [4.78, 5) is 0. The second kappa shape index (κ2) is 4.36. The summed E-state index contributed by atoms with van der Waals surface area (Å²) in [5.74, 6) is 0. The highest BCUT2D eigenvalue weighted by atomic mass is 16.7. The van der Waals surface area contributed by atoms with Crippen molar-refractivity contribution in [3.63, 3.8) is 0 Å². The van der Waals surface area contributed by atoms with Gasteiger partial charge in [0.15, 0.2) is 0 Å². The highest BCUT2D eigenvalue weighted by molar-refractivity contribution is 6.36. The van der Waals surface area contributed by atoms with Crippen LogP contribution in [0.3, 0.4) is 0 Å². The predicted octanol–water partition coefficient (Wildman–Crippen LogP) is 0.958. The second-order valence-electron chi connectivity index (χ2n) is 1.99. The third kappa shape index (κ3) is 2.41. The molecule has 56 valence electrons. The molecule has 0 N–H and O–H groups in total. The van der Waals surface area contributed by atoms with Crippen LogP contribution in [0.2, 0.25) is 0 Å². The van der Waals surface area contributed by atoms with E-state index in [1.807, 2.05) is 6.92 Å². The van der Waals surface area contributed by atoms with E-state index in [2.05, 4.69) is 0 Å². The van der Waals surface area contributed by atoms with Gasteiger partial charge in [-0.15, -0.1) is 0 Å². The molecule has 10 heavy (non-hydrogen) atoms. The van der Waals surface area contributed by atoms with Gasteiger partial charge in [0.05, 0.1) is 6.26 Å². The fraction of sp³-hybridized carbons (Fsp3) is 0.667. The van der Waals surface area contributed by atoms with Crippen molar-refractivity contribution in [2.24, 2.45) is 0 Å². The van der Waals surface area contributed by atoms with E-state index >= 15 is 0 Å². The minimum Gasteiger partial charge on any atom is -0.518 e. The zero-order valence-corrected chi connectivity index (χ0v) is 6.08. The van der Waals surface area contributed by atoms with Crippen LogP contribution in [0, 0.1) is 0 Å². The maximum atomic E-state index is 5.08. The number of hydrogen-bond acceptors (Lipinski definition) is 3. The normalized spacial score (nSPS) is 19.9. The van der Waals surface area contributed by atoms with Gasteiger partial charge in [-0.05, 0) is 13.3 Å². The van der Waals surface area contributed by atoms with Gasteiger partial charge < -0.3 is 14.0 Å². The molecule has 0 amide bonds. The third-order valence-corrected chi connectivity index (χ3v) is 1.12. The van der Waals surface area contributed by atoms with Crippen molar-refractivity contribution >= 4 is 7.32 Å². The quantitative estimate of drug-likeness (QED) is 0.424. The molecule has 1 fully saturated rings. The van der Waals surface area contributed by atoms with E-state index in [4.69, 9.17) is 14.0 Å². The molecular formula is C6H11BO3. The first-order valence-corrected chi connectivity index (χ1v) is 3.43. The zero-order chi connectivity index (χ0) is 7.23. The molecule has 0 radical (unpaired) electrons. The molecule has 1 aliphatic rings. The van der Waals surface area contributed by atoms with Crippen LogP contribution in [-0.2, 0) is 14.0 Å². The Kier molecular flexibility index (Phi) is 3.32. The molecule has 0 atom stereocenters. The molecule has 0 aromatic rings. The van der Waals surface area contributed by atoms with Gasteiger partial charge in [-0.3, -0.25) is 0 Å². The Balaban J connectivity index is 2.13. The molecule has 0 aliphatic carbocycles. The average molecular weight is 142 g/mol. The summed E-state index contributed by atoms with van der Waals surface area (Å²) >= 11 is 0. The van der Waals surface area contributed by atoms with Crippen molar-refractivity contribution in [3.8, 4) is 0 Å². The lowest BCUT2D eigenvalue weighted by Crippen LogP contribution is -2.31. The van der Waals surface area contributed by atoms with Crippen LogP contribution in [0.4, 0.5) is 0 Å². The Hall–Kier alpha value is -0.475. The average Bonchev–Trinajstić information content (AvgIpc) is 2.03. The monoisotopic (exact) mass is 142 g/mol. The summed E-state index contributed by atoms with van der Waals surface area (Å²) in [5, 5.41) is 0. The largest absolute Gasteiger partial charge is 0.712 e. The van der Waals surface area contributed by atoms with E-state index in [1.54, 1.807) is 12.3 Å². The molecule has 0 unspecified atom stereocenters. The molecule has 1 saturated heterocycles. The first-order valence-electron chi connectivity index (χ1n) is 3.43. The van der Waals surface area contributed by atoms with E-state index in [9.17, 15) is 0 Å². The Labute approximate surface area is 61.1 Å². The van der Waals surface area contributed by atoms with Crippen molar-refractivity contribution in [1.82, 2.24) is 0 Å². The molecule has 0 aromatic carbocycles. The lowest BCUT2D eigenvalue weighted by Gasteiger charge is -2.16. The molecule has 0 saturated carbocycles. The Bertz CT molecular complexity index is 110. The third-order valence-electron chi connectivity index (χ3n) is 1.12. The summed E-state index contributed by atoms with van der Waals surface area (Å²) in [6.07, 6.45) is 4.31. The first kappa shape index (κ1) is 7.63. The summed E-state index contributed by atoms with van der Waals surface area (Å²) in [5.41, 5.74) is 0. The molecule has 3 nitrogen and oxygen atoms in total. The molecule has 0 aromatic heterocycles. The highest BCUT2D eigenvalue weighted by Crippen LogP contribution is 2.01. The standard InChI is InChI=1S/C6H11BO3/c1-2-4-8-7-9-5-3-6-10-7/h2,4H,3,5-6H2,1H3/b4-2+. The minimum absolute atomic E-state index is 0.482. The topological polar surface area (TPSA) is 27.7 Å². The van der Waals surface area contributed by atoms with Crippen molar-refractivity contribution in [2.45, 2.75) is 13.3 Å². The van der Waals surface area contributed by atoms with Gasteiger partial charge in [-0.2, -0.15) is 0 Å². The Morgan fingerprint density at radius 1 is 1.40 bits per heavy atom.